The van der Waals surface area contributed by atoms with Gasteiger partial charge in [-0.15, -0.1) is 0 Å². The maximum atomic E-state index is 12.6. The van der Waals surface area contributed by atoms with Crippen LogP contribution in [0.25, 0.3) is 0 Å². The van der Waals surface area contributed by atoms with Crippen LogP contribution in [0.3, 0.4) is 0 Å². The summed E-state index contributed by atoms with van der Waals surface area (Å²) in [6, 6.07) is 6.10. The van der Waals surface area contributed by atoms with Crippen LogP contribution in [-0.4, -0.2) is 66.5 Å². The van der Waals surface area contributed by atoms with Crippen molar-refractivity contribution in [3.63, 3.8) is 0 Å². The molecule has 9 nitrogen and oxygen atoms in total. The molecule has 2 amide bonds. The highest BCUT2D eigenvalue weighted by Crippen LogP contribution is 2.16. The maximum absolute atomic E-state index is 12.6. The van der Waals surface area contributed by atoms with Gasteiger partial charge in [-0.1, -0.05) is 6.07 Å². The van der Waals surface area contributed by atoms with E-state index in [0.29, 0.717) is 24.3 Å². The number of methoxy groups -OCH3 is 1. The predicted molar refractivity (Wildman–Crippen MR) is 102 cm³/mol. The van der Waals surface area contributed by atoms with Gasteiger partial charge < -0.3 is 20.1 Å². The summed E-state index contributed by atoms with van der Waals surface area (Å²) in [4.78, 5) is 35.7. The van der Waals surface area contributed by atoms with Gasteiger partial charge in [-0.2, -0.15) is 0 Å². The van der Waals surface area contributed by atoms with Crippen LogP contribution in [0.5, 0.6) is 0 Å². The first-order valence-corrected chi connectivity index (χ1v) is 8.85. The Morgan fingerprint density at radius 3 is 2.67 bits per heavy atom. The van der Waals surface area contributed by atoms with Gasteiger partial charge in [0, 0.05) is 18.8 Å². The first-order chi connectivity index (χ1) is 13.0. The average Bonchev–Trinajstić information content (AvgIpc) is 3.16. The van der Waals surface area contributed by atoms with E-state index in [4.69, 9.17) is 17.0 Å². The summed E-state index contributed by atoms with van der Waals surface area (Å²) in [5.41, 5.74) is 0.814. The first-order valence-electron chi connectivity index (χ1n) is 8.44. The minimum absolute atomic E-state index is 0.0805. The second-order valence-electron chi connectivity index (χ2n) is 5.57. The summed E-state index contributed by atoms with van der Waals surface area (Å²) in [6.07, 6.45) is 0.732. The van der Waals surface area contributed by atoms with Crippen LogP contribution < -0.4 is 10.6 Å². The van der Waals surface area contributed by atoms with Gasteiger partial charge in [0.1, 0.15) is 6.54 Å². The number of carbonyl (C=O) groups is 3. The summed E-state index contributed by atoms with van der Waals surface area (Å²) in [5.74, 6) is -0.909. The molecular weight excluding hydrogens is 372 g/mol. The van der Waals surface area contributed by atoms with Gasteiger partial charge in [0.2, 0.25) is 0 Å². The van der Waals surface area contributed by atoms with Crippen LogP contribution in [0.4, 0.5) is 10.5 Å². The lowest BCUT2D eigenvalue weighted by Crippen LogP contribution is -2.51. The van der Waals surface area contributed by atoms with Crippen LogP contribution in [0, 0.1) is 0 Å². The van der Waals surface area contributed by atoms with Crippen molar-refractivity contribution in [3.8, 4) is 0 Å². The number of rotatable bonds is 5. The molecule has 0 saturated carbocycles. The van der Waals surface area contributed by atoms with E-state index in [2.05, 4.69) is 15.4 Å². The minimum Gasteiger partial charge on any atom is -0.468 e. The van der Waals surface area contributed by atoms with E-state index in [9.17, 15) is 14.4 Å². The number of benzene rings is 1. The van der Waals surface area contributed by atoms with Gasteiger partial charge in [-0.05, 0) is 43.8 Å². The number of amides is 2. The Balaban J connectivity index is 2.00. The molecule has 0 atom stereocenters. The summed E-state index contributed by atoms with van der Waals surface area (Å²) < 4.78 is 9.51. The second-order valence-corrected chi connectivity index (χ2v) is 5.95. The number of urea groups is 1. The Kier molecular flexibility index (Phi) is 7.35. The first kappa shape index (κ1) is 20.4. The molecule has 0 bridgehead atoms. The highest BCUT2D eigenvalue weighted by atomic mass is 32.1. The Labute approximate surface area is 162 Å². The lowest BCUT2D eigenvalue weighted by atomic mass is 10.2. The zero-order chi connectivity index (χ0) is 19.8. The third-order valence-corrected chi connectivity index (χ3v) is 4.09. The van der Waals surface area contributed by atoms with Crippen molar-refractivity contribution in [3.05, 3.63) is 29.8 Å². The molecule has 0 spiro atoms. The van der Waals surface area contributed by atoms with E-state index < -0.39 is 18.0 Å². The molecule has 2 N–H and O–H groups in total. The number of carbonyl (C=O) groups excluding carboxylic acids is 3. The number of nitrogens with one attached hydrogen (secondary N) is 2. The van der Waals surface area contributed by atoms with Crippen LogP contribution in [0.1, 0.15) is 23.7 Å². The molecule has 0 aliphatic carbocycles. The normalized spacial score (nSPS) is 13.1. The number of thiocarbonyl (C=S) groups is 1. The molecular formula is C17H22N4O5S. The molecule has 10 heteroatoms. The quantitative estimate of drug-likeness (QED) is 0.571. The molecule has 0 aromatic heterocycles. The summed E-state index contributed by atoms with van der Waals surface area (Å²) in [7, 11) is 1.28. The van der Waals surface area contributed by atoms with E-state index in [-0.39, 0.29) is 18.3 Å². The van der Waals surface area contributed by atoms with Gasteiger partial charge in [0.05, 0.1) is 19.3 Å². The van der Waals surface area contributed by atoms with E-state index in [1.807, 2.05) is 0 Å². The number of ether oxygens (including phenoxy) is 2. The fourth-order valence-corrected chi connectivity index (χ4v) is 2.73. The Bertz CT molecular complexity index is 727. The van der Waals surface area contributed by atoms with Crippen LogP contribution >= 0.6 is 12.2 Å². The smallest absolute Gasteiger partial charge is 0.340 e. The second kappa shape index (κ2) is 9.72. The average molecular weight is 394 g/mol. The highest BCUT2D eigenvalue weighted by Gasteiger charge is 2.29. The standard InChI is InChI=1S/C17H22N4O5S/c1-3-26-15(23)12-6-4-7-13(10-12)19-16(24)20-8-5-9-21(20)17(27)18-11-14(22)25-2/h4,6-7,10H,3,5,8-9,11H2,1-2H3,(H,18,27)(H,19,24). The summed E-state index contributed by atoms with van der Waals surface area (Å²) in [5, 5.41) is 8.79. The number of hydrazine groups is 1. The SMILES string of the molecule is CCOC(=O)c1cccc(NC(=O)N2CCCN2C(=S)NCC(=O)OC)c1. The van der Waals surface area contributed by atoms with Crippen molar-refractivity contribution < 1.29 is 23.9 Å². The fourth-order valence-electron chi connectivity index (χ4n) is 2.47. The number of esters is 2. The third kappa shape index (κ3) is 5.55. The maximum Gasteiger partial charge on any atom is 0.340 e. The largest absolute Gasteiger partial charge is 0.468 e. The van der Waals surface area contributed by atoms with Gasteiger partial charge in [0.15, 0.2) is 5.11 Å². The predicted octanol–water partition coefficient (Wildman–Crippen LogP) is 1.37. The van der Waals surface area contributed by atoms with Crippen LogP contribution in [0.2, 0.25) is 0 Å². The lowest BCUT2D eigenvalue weighted by Gasteiger charge is -2.30. The van der Waals surface area contributed by atoms with E-state index in [1.165, 1.54) is 12.1 Å². The van der Waals surface area contributed by atoms with Crippen molar-refractivity contribution in [2.75, 3.05) is 38.7 Å². The number of nitrogens with zero attached hydrogens (tertiary/aromatic N) is 2. The fraction of sp³-hybridized carbons (Fsp3) is 0.412. The molecule has 27 heavy (non-hydrogen) atoms. The number of hydrogen-bond acceptors (Lipinski definition) is 6. The molecule has 1 aliphatic rings. The molecule has 146 valence electrons. The zero-order valence-corrected chi connectivity index (χ0v) is 16.0. The summed E-state index contributed by atoms with van der Waals surface area (Å²) >= 11 is 5.25. The Hall–Kier alpha value is -2.88. The van der Waals surface area contributed by atoms with Crippen molar-refractivity contribution in [1.82, 2.24) is 15.3 Å². The van der Waals surface area contributed by atoms with E-state index >= 15 is 0 Å². The van der Waals surface area contributed by atoms with Crippen LogP contribution in [0.15, 0.2) is 24.3 Å². The summed E-state index contributed by atoms with van der Waals surface area (Å²) in [6.45, 7) is 2.94. The third-order valence-electron chi connectivity index (χ3n) is 3.74. The van der Waals surface area contributed by atoms with Gasteiger partial charge >= 0.3 is 18.0 Å². The number of hydrogen-bond donors (Lipinski definition) is 2. The molecule has 1 heterocycles. The van der Waals surface area contributed by atoms with Gasteiger partial charge in [-0.25, -0.2) is 14.6 Å². The van der Waals surface area contributed by atoms with Crippen molar-refractivity contribution >= 4 is 41.0 Å². The van der Waals surface area contributed by atoms with Crippen molar-refractivity contribution in [1.29, 1.82) is 0 Å². The van der Waals surface area contributed by atoms with Gasteiger partial charge in [0.25, 0.3) is 0 Å². The lowest BCUT2D eigenvalue weighted by molar-refractivity contribution is -0.139. The Morgan fingerprint density at radius 1 is 1.22 bits per heavy atom. The van der Waals surface area contributed by atoms with E-state index in [1.54, 1.807) is 36.2 Å². The topological polar surface area (TPSA) is 100 Å². The van der Waals surface area contributed by atoms with Gasteiger partial charge in [-0.3, -0.25) is 9.80 Å². The van der Waals surface area contributed by atoms with Crippen molar-refractivity contribution in [2.45, 2.75) is 13.3 Å². The van der Waals surface area contributed by atoms with Crippen LogP contribution in [-0.2, 0) is 14.3 Å². The van der Waals surface area contributed by atoms with Crippen molar-refractivity contribution in [2.24, 2.45) is 0 Å². The highest BCUT2D eigenvalue weighted by molar-refractivity contribution is 7.80. The zero-order valence-electron chi connectivity index (χ0n) is 15.2. The molecule has 1 fully saturated rings. The number of anilines is 1. The molecule has 1 saturated heterocycles. The monoisotopic (exact) mass is 394 g/mol. The van der Waals surface area contributed by atoms with E-state index in [0.717, 1.165) is 6.42 Å². The molecule has 1 aliphatic heterocycles. The molecule has 1 aromatic rings. The molecule has 0 unspecified atom stereocenters. The molecule has 1 aromatic carbocycles. The molecule has 2 rings (SSSR count). The Morgan fingerprint density at radius 2 is 1.96 bits per heavy atom. The molecule has 0 radical (unpaired) electrons. The minimum atomic E-state index is -0.455.